The van der Waals surface area contributed by atoms with Crippen LogP contribution in [0.3, 0.4) is 0 Å². The number of hydrogen-bond acceptors (Lipinski definition) is 2. The molecule has 0 aromatic heterocycles. The number of hydrogen-bond donors (Lipinski definition) is 0. The van der Waals surface area contributed by atoms with Crippen LogP contribution < -0.4 is 0 Å². The van der Waals surface area contributed by atoms with Crippen molar-refractivity contribution in [2.75, 3.05) is 13.1 Å². The lowest BCUT2D eigenvalue weighted by Gasteiger charge is -2.25. The first-order chi connectivity index (χ1) is 6.40. The predicted octanol–water partition coefficient (Wildman–Crippen LogP) is 3.76. The van der Waals surface area contributed by atoms with E-state index in [2.05, 4.69) is 34.6 Å². The van der Waals surface area contributed by atoms with Crippen LogP contribution in [0.2, 0.25) is 0 Å². The minimum atomic E-state index is 0.0246. The van der Waals surface area contributed by atoms with Gasteiger partial charge in [0.05, 0.1) is 0 Å². The molecule has 0 aromatic rings. The maximum Gasteiger partial charge on any atom is 0.282 e. The molecule has 0 aliphatic rings. The van der Waals surface area contributed by atoms with E-state index in [4.69, 9.17) is 0 Å². The van der Waals surface area contributed by atoms with Gasteiger partial charge in [0, 0.05) is 17.8 Å². The first kappa shape index (κ1) is 13.8. The van der Waals surface area contributed by atoms with Crippen molar-refractivity contribution in [2.45, 2.75) is 52.2 Å². The van der Waals surface area contributed by atoms with E-state index >= 15 is 0 Å². The Labute approximate surface area is 92.4 Å². The second kappa shape index (κ2) is 6.33. The van der Waals surface area contributed by atoms with Crippen LogP contribution in [0.1, 0.15) is 47.5 Å². The topological polar surface area (TPSA) is 20.3 Å². The molecular formula is C11H23NOS. The molecular weight excluding hydrogens is 194 g/mol. The average molecular weight is 217 g/mol. The molecule has 0 aromatic carbocycles. The Morgan fingerprint density at radius 2 is 1.57 bits per heavy atom. The SMILES string of the molecule is CCCN(CCC)C(=O)SC(C)(C)C. The third-order valence-electron chi connectivity index (χ3n) is 1.64. The van der Waals surface area contributed by atoms with Crippen LogP contribution in [-0.4, -0.2) is 28.0 Å². The minimum Gasteiger partial charge on any atom is -0.334 e. The molecule has 14 heavy (non-hydrogen) atoms. The van der Waals surface area contributed by atoms with Crippen molar-refractivity contribution < 1.29 is 4.79 Å². The van der Waals surface area contributed by atoms with Gasteiger partial charge in [-0.05, 0) is 12.8 Å². The molecule has 0 heterocycles. The van der Waals surface area contributed by atoms with E-state index in [0.717, 1.165) is 25.9 Å². The lowest BCUT2D eigenvalue weighted by atomic mass is 10.3. The van der Waals surface area contributed by atoms with Crippen LogP contribution in [0, 0.1) is 0 Å². The van der Waals surface area contributed by atoms with Gasteiger partial charge in [-0.2, -0.15) is 0 Å². The molecule has 0 radical (unpaired) electrons. The van der Waals surface area contributed by atoms with Crippen LogP contribution in [0.5, 0.6) is 0 Å². The molecule has 0 N–H and O–H groups in total. The number of nitrogens with zero attached hydrogens (tertiary/aromatic N) is 1. The molecule has 0 aliphatic carbocycles. The standard InChI is InChI=1S/C11H23NOS/c1-6-8-12(9-7-2)10(13)14-11(3,4)5/h6-9H2,1-5H3. The zero-order chi connectivity index (χ0) is 11.2. The monoisotopic (exact) mass is 217 g/mol. The lowest BCUT2D eigenvalue weighted by Crippen LogP contribution is -2.31. The Hall–Kier alpha value is -0.180. The normalized spacial score (nSPS) is 11.5. The first-order valence-electron chi connectivity index (χ1n) is 5.38. The molecule has 1 amide bonds. The van der Waals surface area contributed by atoms with Gasteiger partial charge in [-0.25, -0.2) is 0 Å². The van der Waals surface area contributed by atoms with Crippen LogP contribution in [0.25, 0.3) is 0 Å². The second-order valence-corrected chi connectivity index (χ2v) is 6.25. The van der Waals surface area contributed by atoms with Gasteiger partial charge < -0.3 is 4.90 Å². The van der Waals surface area contributed by atoms with Gasteiger partial charge in [-0.15, -0.1) is 0 Å². The second-order valence-electron chi connectivity index (χ2n) is 4.47. The highest BCUT2D eigenvalue weighted by Crippen LogP contribution is 2.26. The van der Waals surface area contributed by atoms with Crippen molar-refractivity contribution in [1.29, 1.82) is 0 Å². The molecule has 84 valence electrons. The summed E-state index contributed by atoms with van der Waals surface area (Å²) in [5, 5.41) is 0.223. The van der Waals surface area contributed by atoms with Crippen molar-refractivity contribution in [2.24, 2.45) is 0 Å². The summed E-state index contributed by atoms with van der Waals surface area (Å²) in [6.45, 7) is 12.2. The first-order valence-corrected chi connectivity index (χ1v) is 6.20. The zero-order valence-electron chi connectivity index (χ0n) is 10.1. The van der Waals surface area contributed by atoms with E-state index in [1.807, 2.05) is 4.90 Å². The molecule has 0 unspecified atom stereocenters. The van der Waals surface area contributed by atoms with E-state index in [1.165, 1.54) is 11.8 Å². The van der Waals surface area contributed by atoms with Gasteiger partial charge in [-0.1, -0.05) is 46.4 Å². The summed E-state index contributed by atoms with van der Waals surface area (Å²) in [4.78, 5) is 13.8. The third kappa shape index (κ3) is 6.30. The van der Waals surface area contributed by atoms with E-state index in [1.54, 1.807) is 0 Å². The van der Waals surface area contributed by atoms with Crippen LogP contribution in [0.4, 0.5) is 4.79 Å². The maximum atomic E-state index is 11.8. The summed E-state index contributed by atoms with van der Waals surface area (Å²) >= 11 is 1.43. The fourth-order valence-corrected chi connectivity index (χ4v) is 2.00. The van der Waals surface area contributed by atoms with Crippen molar-refractivity contribution in [3.63, 3.8) is 0 Å². The number of amides is 1. The average Bonchev–Trinajstić information content (AvgIpc) is 2.01. The zero-order valence-corrected chi connectivity index (χ0v) is 10.9. The number of thioether (sulfide) groups is 1. The molecule has 3 heteroatoms. The maximum absolute atomic E-state index is 11.8. The highest BCUT2D eigenvalue weighted by atomic mass is 32.2. The Morgan fingerprint density at radius 1 is 1.14 bits per heavy atom. The number of carbonyl (C=O) groups excluding carboxylic acids is 1. The Balaban J connectivity index is 4.14. The summed E-state index contributed by atoms with van der Waals surface area (Å²) in [7, 11) is 0. The highest BCUT2D eigenvalue weighted by molar-refractivity contribution is 8.14. The van der Waals surface area contributed by atoms with Crippen molar-refractivity contribution in [3.8, 4) is 0 Å². The third-order valence-corrected chi connectivity index (χ3v) is 2.68. The van der Waals surface area contributed by atoms with Gasteiger partial charge in [-0.3, -0.25) is 4.79 Å². The smallest absolute Gasteiger partial charge is 0.282 e. The fraction of sp³-hybridized carbons (Fsp3) is 0.909. The number of carbonyl (C=O) groups is 1. The predicted molar refractivity (Wildman–Crippen MR) is 64.9 cm³/mol. The van der Waals surface area contributed by atoms with Crippen LogP contribution in [-0.2, 0) is 0 Å². The molecule has 0 bridgehead atoms. The molecule has 0 atom stereocenters. The van der Waals surface area contributed by atoms with Crippen molar-refractivity contribution >= 4 is 17.0 Å². The molecule has 0 aliphatic heterocycles. The highest BCUT2D eigenvalue weighted by Gasteiger charge is 2.20. The molecule has 0 spiro atoms. The quantitative estimate of drug-likeness (QED) is 0.714. The van der Waals surface area contributed by atoms with Crippen molar-refractivity contribution in [1.82, 2.24) is 4.90 Å². The Morgan fingerprint density at radius 3 is 1.86 bits per heavy atom. The largest absolute Gasteiger partial charge is 0.334 e. The summed E-state index contributed by atoms with van der Waals surface area (Å²) in [5.41, 5.74) is 0. The summed E-state index contributed by atoms with van der Waals surface area (Å²) in [5.74, 6) is 0. The molecule has 0 rings (SSSR count). The Kier molecular flexibility index (Phi) is 6.25. The van der Waals surface area contributed by atoms with Gasteiger partial charge in [0.1, 0.15) is 0 Å². The summed E-state index contributed by atoms with van der Waals surface area (Å²) in [6.07, 6.45) is 2.08. The van der Waals surface area contributed by atoms with Gasteiger partial charge >= 0.3 is 0 Å². The number of rotatable bonds is 4. The van der Waals surface area contributed by atoms with Crippen LogP contribution in [0.15, 0.2) is 0 Å². The summed E-state index contributed by atoms with van der Waals surface area (Å²) in [6, 6.07) is 0. The van der Waals surface area contributed by atoms with Gasteiger partial charge in [0.25, 0.3) is 5.24 Å². The molecule has 0 saturated carbocycles. The summed E-state index contributed by atoms with van der Waals surface area (Å²) < 4.78 is 0.0246. The van der Waals surface area contributed by atoms with Crippen LogP contribution >= 0.6 is 11.8 Å². The van der Waals surface area contributed by atoms with Crippen molar-refractivity contribution in [3.05, 3.63) is 0 Å². The van der Waals surface area contributed by atoms with Gasteiger partial charge in [0.15, 0.2) is 0 Å². The van der Waals surface area contributed by atoms with E-state index in [0.29, 0.717) is 0 Å². The molecule has 0 fully saturated rings. The molecule has 0 saturated heterocycles. The Bertz CT molecular complexity index is 169. The minimum absolute atomic E-state index is 0.0246. The van der Waals surface area contributed by atoms with E-state index in [-0.39, 0.29) is 9.99 Å². The molecule has 2 nitrogen and oxygen atoms in total. The fourth-order valence-electron chi connectivity index (χ4n) is 1.16. The lowest BCUT2D eigenvalue weighted by molar-refractivity contribution is 0.223. The van der Waals surface area contributed by atoms with E-state index < -0.39 is 0 Å². The van der Waals surface area contributed by atoms with E-state index in [9.17, 15) is 4.79 Å². The van der Waals surface area contributed by atoms with Gasteiger partial charge in [0.2, 0.25) is 0 Å².